The second-order valence-electron chi connectivity index (χ2n) is 3.90. The fraction of sp³-hybridized carbons (Fsp3) is 0.636. The van der Waals surface area contributed by atoms with Crippen molar-refractivity contribution in [1.82, 2.24) is 9.97 Å². The molecule has 1 aromatic rings. The number of rotatable bonds is 4. The quantitative estimate of drug-likeness (QED) is 0.741. The first-order chi connectivity index (χ1) is 7.07. The van der Waals surface area contributed by atoms with Crippen LogP contribution in [0.4, 0.5) is 5.82 Å². The molecular formula is C11H18ClN3. The summed E-state index contributed by atoms with van der Waals surface area (Å²) in [7, 11) is 0. The van der Waals surface area contributed by atoms with Gasteiger partial charge >= 0.3 is 0 Å². The van der Waals surface area contributed by atoms with Crippen LogP contribution in [0.3, 0.4) is 0 Å². The van der Waals surface area contributed by atoms with Gasteiger partial charge in [-0.15, -0.1) is 0 Å². The van der Waals surface area contributed by atoms with E-state index < -0.39 is 0 Å². The van der Waals surface area contributed by atoms with Crippen LogP contribution < -0.4 is 4.90 Å². The van der Waals surface area contributed by atoms with Gasteiger partial charge < -0.3 is 4.90 Å². The zero-order valence-corrected chi connectivity index (χ0v) is 10.5. The minimum absolute atomic E-state index is 0.426. The Morgan fingerprint density at radius 1 is 1.40 bits per heavy atom. The predicted molar refractivity (Wildman–Crippen MR) is 64.6 cm³/mol. The molecule has 0 aromatic carbocycles. The summed E-state index contributed by atoms with van der Waals surface area (Å²) in [6.07, 6.45) is 2.62. The van der Waals surface area contributed by atoms with Crippen molar-refractivity contribution in [2.45, 2.75) is 40.2 Å². The van der Waals surface area contributed by atoms with Crippen LogP contribution in [0.2, 0.25) is 5.15 Å². The van der Waals surface area contributed by atoms with Crippen molar-refractivity contribution in [3.63, 3.8) is 0 Å². The van der Waals surface area contributed by atoms with E-state index in [1.807, 2.05) is 6.92 Å². The Bertz CT molecular complexity index is 326. The molecule has 0 unspecified atom stereocenters. The Balaban J connectivity index is 3.05. The van der Waals surface area contributed by atoms with E-state index in [9.17, 15) is 0 Å². The van der Waals surface area contributed by atoms with Gasteiger partial charge in [-0.05, 0) is 27.2 Å². The van der Waals surface area contributed by atoms with Crippen LogP contribution in [-0.2, 0) is 0 Å². The smallest absolute Gasteiger partial charge is 0.137 e. The first-order valence-corrected chi connectivity index (χ1v) is 5.69. The van der Waals surface area contributed by atoms with Gasteiger partial charge in [0.2, 0.25) is 0 Å². The topological polar surface area (TPSA) is 29.0 Å². The summed E-state index contributed by atoms with van der Waals surface area (Å²) >= 11 is 5.98. The molecular weight excluding hydrogens is 210 g/mol. The van der Waals surface area contributed by atoms with Gasteiger partial charge in [-0.25, -0.2) is 9.97 Å². The van der Waals surface area contributed by atoms with E-state index in [0.29, 0.717) is 11.2 Å². The van der Waals surface area contributed by atoms with E-state index in [0.717, 1.165) is 24.3 Å². The fourth-order valence-electron chi connectivity index (χ4n) is 1.56. The third-order valence-electron chi connectivity index (χ3n) is 2.36. The van der Waals surface area contributed by atoms with E-state index in [1.54, 1.807) is 0 Å². The van der Waals surface area contributed by atoms with E-state index >= 15 is 0 Å². The number of anilines is 1. The molecule has 4 heteroatoms. The largest absolute Gasteiger partial charge is 0.354 e. The van der Waals surface area contributed by atoms with Gasteiger partial charge in [0.15, 0.2) is 0 Å². The molecule has 0 amide bonds. The Morgan fingerprint density at radius 3 is 2.60 bits per heavy atom. The lowest BCUT2D eigenvalue weighted by Gasteiger charge is -2.28. The summed E-state index contributed by atoms with van der Waals surface area (Å²) in [5.41, 5.74) is 0.960. The highest BCUT2D eigenvalue weighted by Crippen LogP contribution is 2.23. The van der Waals surface area contributed by atoms with Gasteiger partial charge in [0.1, 0.15) is 17.3 Å². The monoisotopic (exact) mass is 227 g/mol. The van der Waals surface area contributed by atoms with Crippen LogP contribution in [0, 0.1) is 6.92 Å². The lowest BCUT2D eigenvalue weighted by atomic mass is 10.2. The summed E-state index contributed by atoms with van der Waals surface area (Å²) in [5, 5.41) is 0.543. The van der Waals surface area contributed by atoms with Crippen LogP contribution in [-0.4, -0.2) is 22.6 Å². The molecule has 0 aliphatic carbocycles. The SMILES string of the molecule is CCCN(c1ncnc(Cl)c1C)C(C)C. The molecule has 0 spiro atoms. The van der Waals surface area contributed by atoms with Gasteiger partial charge in [0.25, 0.3) is 0 Å². The molecule has 84 valence electrons. The van der Waals surface area contributed by atoms with Crippen LogP contribution in [0.5, 0.6) is 0 Å². The van der Waals surface area contributed by atoms with Gasteiger partial charge in [-0.2, -0.15) is 0 Å². The first-order valence-electron chi connectivity index (χ1n) is 5.31. The van der Waals surface area contributed by atoms with Crippen LogP contribution in [0.25, 0.3) is 0 Å². The Morgan fingerprint density at radius 2 is 2.07 bits per heavy atom. The first kappa shape index (κ1) is 12.2. The van der Waals surface area contributed by atoms with E-state index in [2.05, 4.69) is 35.6 Å². The maximum Gasteiger partial charge on any atom is 0.137 e. The minimum atomic E-state index is 0.426. The molecule has 0 saturated heterocycles. The van der Waals surface area contributed by atoms with Crippen molar-refractivity contribution in [3.05, 3.63) is 17.0 Å². The second kappa shape index (κ2) is 5.31. The molecule has 15 heavy (non-hydrogen) atoms. The van der Waals surface area contributed by atoms with Crippen molar-refractivity contribution < 1.29 is 0 Å². The summed E-state index contributed by atoms with van der Waals surface area (Å²) in [4.78, 5) is 10.5. The molecule has 0 aliphatic heterocycles. The summed E-state index contributed by atoms with van der Waals surface area (Å²) in [6, 6.07) is 0.426. The highest BCUT2D eigenvalue weighted by atomic mass is 35.5. The summed E-state index contributed by atoms with van der Waals surface area (Å²) < 4.78 is 0. The van der Waals surface area contributed by atoms with E-state index in [4.69, 9.17) is 11.6 Å². The normalized spacial score (nSPS) is 10.8. The van der Waals surface area contributed by atoms with Crippen LogP contribution in [0.15, 0.2) is 6.33 Å². The third-order valence-corrected chi connectivity index (χ3v) is 2.74. The van der Waals surface area contributed by atoms with E-state index in [-0.39, 0.29) is 0 Å². The molecule has 0 N–H and O–H groups in total. The maximum absolute atomic E-state index is 5.98. The molecule has 1 heterocycles. The van der Waals surface area contributed by atoms with Crippen molar-refractivity contribution in [1.29, 1.82) is 0 Å². The van der Waals surface area contributed by atoms with Crippen molar-refractivity contribution in [2.75, 3.05) is 11.4 Å². The number of halogens is 1. The lowest BCUT2D eigenvalue weighted by molar-refractivity contribution is 0.658. The number of hydrogen-bond acceptors (Lipinski definition) is 3. The molecule has 0 radical (unpaired) electrons. The molecule has 0 bridgehead atoms. The Kier molecular flexibility index (Phi) is 4.33. The molecule has 0 atom stereocenters. The average Bonchev–Trinajstić information content (AvgIpc) is 2.19. The number of nitrogens with zero attached hydrogens (tertiary/aromatic N) is 3. The Hall–Kier alpha value is -0.830. The molecule has 0 fully saturated rings. The molecule has 0 saturated carbocycles. The Labute approximate surface area is 96.5 Å². The van der Waals surface area contributed by atoms with Gasteiger partial charge in [0, 0.05) is 18.2 Å². The van der Waals surface area contributed by atoms with Crippen molar-refractivity contribution in [3.8, 4) is 0 Å². The standard InChI is InChI=1S/C11H18ClN3/c1-5-6-15(8(2)3)11-9(4)10(12)13-7-14-11/h7-8H,5-6H2,1-4H3. The fourth-order valence-corrected chi connectivity index (χ4v) is 1.69. The molecule has 1 rings (SSSR count). The zero-order chi connectivity index (χ0) is 11.4. The predicted octanol–water partition coefficient (Wildman–Crippen LogP) is 3.06. The van der Waals surface area contributed by atoms with Gasteiger partial charge in [0.05, 0.1) is 0 Å². The van der Waals surface area contributed by atoms with Crippen molar-refractivity contribution in [2.24, 2.45) is 0 Å². The molecule has 0 aliphatic rings. The summed E-state index contributed by atoms with van der Waals surface area (Å²) in [6.45, 7) is 9.43. The van der Waals surface area contributed by atoms with Gasteiger partial charge in [-0.1, -0.05) is 18.5 Å². The highest BCUT2D eigenvalue weighted by molar-refractivity contribution is 6.30. The second-order valence-corrected chi connectivity index (χ2v) is 4.26. The van der Waals surface area contributed by atoms with Gasteiger partial charge in [-0.3, -0.25) is 0 Å². The lowest BCUT2D eigenvalue weighted by Crippen LogP contribution is -2.32. The molecule has 3 nitrogen and oxygen atoms in total. The highest BCUT2D eigenvalue weighted by Gasteiger charge is 2.15. The summed E-state index contributed by atoms with van der Waals surface area (Å²) in [5.74, 6) is 0.951. The van der Waals surface area contributed by atoms with Crippen LogP contribution >= 0.6 is 11.6 Å². The molecule has 1 aromatic heterocycles. The number of hydrogen-bond donors (Lipinski definition) is 0. The third kappa shape index (κ3) is 2.81. The van der Waals surface area contributed by atoms with Crippen LogP contribution in [0.1, 0.15) is 32.8 Å². The maximum atomic E-state index is 5.98. The minimum Gasteiger partial charge on any atom is -0.354 e. The zero-order valence-electron chi connectivity index (χ0n) is 9.79. The van der Waals surface area contributed by atoms with Crippen molar-refractivity contribution >= 4 is 17.4 Å². The number of aromatic nitrogens is 2. The van der Waals surface area contributed by atoms with E-state index in [1.165, 1.54) is 6.33 Å². The average molecular weight is 228 g/mol.